The van der Waals surface area contributed by atoms with Crippen LogP contribution in [-0.4, -0.2) is 32.8 Å². The van der Waals surface area contributed by atoms with Crippen LogP contribution in [0.5, 0.6) is 0 Å². The molecule has 0 atom stereocenters. The van der Waals surface area contributed by atoms with Crippen molar-refractivity contribution in [3.63, 3.8) is 0 Å². The Labute approximate surface area is 136 Å². The van der Waals surface area contributed by atoms with Crippen molar-refractivity contribution < 1.29 is 21.9 Å². The number of rotatable bonds is 16. The van der Waals surface area contributed by atoms with E-state index in [9.17, 15) is 8.42 Å². The van der Waals surface area contributed by atoms with Crippen LogP contribution < -0.4 is 0 Å². The second-order valence-corrected chi connectivity index (χ2v) is 6.48. The standard InChI is InChI=1S/C16H32O5S/c1-2-3-4-5-6-7-8-9-10-11-12-13-14-20-15-16-21-22(17,18)19/h5-6H,2-4,7-16H2,1H3,(H,17,18,19)/b6-5+. The third-order valence-electron chi connectivity index (χ3n) is 3.26. The van der Waals surface area contributed by atoms with E-state index in [1.54, 1.807) is 0 Å². The van der Waals surface area contributed by atoms with Gasteiger partial charge < -0.3 is 4.74 Å². The van der Waals surface area contributed by atoms with Gasteiger partial charge >= 0.3 is 10.4 Å². The van der Waals surface area contributed by atoms with Crippen LogP contribution in [-0.2, 0) is 19.3 Å². The van der Waals surface area contributed by atoms with Gasteiger partial charge in [0.15, 0.2) is 0 Å². The van der Waals surface area contributed by atoms with E-state index in [0.717, 1.165) is 12.8 Å². The summed E-state index contributed by atoms with van der Waals surface area (Å²) in [5, 5.41) is 0. The zero-order valence-corrected chi connectivity index (χ0v) is 14.7. The second-order valence-electron chi connectivity index (χ2n) is 5.39. The summed E-state index contributed by atoms with van der Waals surface area (Å²) in [6.45, 7) is 2.87. The molecule has 0 aliphatic heterocycles. The number of allylic oxidation sites excluding steroid dienone is 2. The highest BCUT2D eigenvalue weighted by Gasteiger charge is 2.02. The van der Waals surface area contributed by atoms with Gasteiger partial charge in [-0.25, -0.2) is 4.18 Å². The van der Waals surface area contributed by atoms with Crippen LogP contribution in [0.2, 0.25) is 0 Å². The van der Waals surface area contributed by atoms with Gasteiger partial charge in [-0.3, -0.25) is 4.55 Å². The van der Waals surface area contributed by atoms with Gasteiger partial charge in [-0.05, 0) is 25.7 Å². The fourth-order valence-electron chi connectivity index (χ4n) is 2.03. The maximum atomic E-state index is 10.3. The average molecular weight is 336 g/mol. The first-order valence-corrected chi connectivity index (χ1v) is 9.77. The first kappa shape index (κ1) is 21.6. The van der Waals surface area contributed by atoms with Gasteiger partial charge in [0.1, 0.15) is 0 Å². The molecule has 0 saturated heterocycles. The summed E-state index contributed by atoms with van der Waals surface area (Å²) < 4.78 is 38.2. The highest BCUT2D eigenvalue weighted by molar-refractivity contribution is 7.80. The van der Waals surface area contributed by atoms with E-state index in [0.29, 0.717) is 6.61 Å². The van der Waals surface area contributed by atoms with E-state index in [4.69, 9.17) is 9.29 Å². The second kappa shape index (κ2) is 15.5. The Morgan fingerprint density at radius 2 is 1.41 bits per heavy atom. The lowest BCUT2D eigenvalue weighted by Crippen LogP contribution is -2.10. The Bertz CT molecular complexity index is 352. The topological polar surface area (TPSA) is 72.8 Å². The van der Waals surface area contributed by atoms with Crippen molar-refractivity contribution in [2.75, 3.05) is 19.8 Å². The molecule has 5 nitrogen and oxygen atoms in total. The molecule has 0 rings (SSSR count). The number of ether oxygens (including phenoxy) is 1. The van der Waals surface area contributed by atoms with Gasteiger partial charge in [0.2, 0.25) is 0 Å². The summed E-state index contributed by atoms with van der Waals surface area (Å²) in [4.78, 5) is 0. The van der Waals surface area contributed by atoms with E-state index in [1.165, 1.54) is 51.4 Å². The van der Waals surface area contributed by atoms with Crippen LogP contribution in [0.3, 0.4) is 0 Å². The van der Waals surface area contributed by atoms with Crippen molar-refractivity contribution in [2.45, 2.75) is 71.1 Å². The molecule has 0 fully saturated rings. The predicted octanol–water partition coefficient (Wildman–Crippen LogP) is 4.30. The minimum absolute atomic E-state index is 0.134. The first-order chi connectivity index (χ1) is 10.6. The van der Waals surface area contributed by atoms with Crippen LogP contribution >= 0.6 is 0 Å². The monoisotopic (exact) mass is 336 g/mol. The van der Waals surface area contributed by atoms with Crippen LogP contribution in [0.1, 0.15) is 71.1 Å². The average Bonchev–Trinajstić information content (AvgIpc) is 2.45. The molecule has 6 heteroatoms. The first-order valence-electron chi connectivity index (χ1n) is 8.41. The van der Waals surface area contributed by atoms with Crippen molar-refractivity contribution in [3.05, 3.63) is 12.2 Å². The third-order valence-corrected chi connectivity index (χ3v) is 3.72. The Morgan fingerprint density at radius 3 is 2.05 bits per heavy atom. The SMILES string of the molecule is CCCC/C=C/CCCCCCCCOCCOS(=O)(=O)O. The molecule has 0 saturated carbocycles. The molecule has 0 aliphatic rings. The molecule has 0 amide bonds. The summed E-state index contributed by atoms with van der Waals surface area (Å²) in [7, 11) is -4.33. The van der Waals surface area contributed by atoms with Crippen molar-refractivity contribution in [1.29, 1.82) is 0 Å². The van der Waals surface area contributed by atoms with Crippen molar-refractivity contribution >= 4 is 10.4 Å². The van der Waals surface area contributed by atoms with E-state index in [1.807, 2.05) is 0 Å². The molecule has 0 aromatic carbocycles. The van der Waals surface area contributed by atoms with Gasteiger partial charge in [0.25, 0.3) is 0 Å². The minimum Gasteiger partial charge on any atom is -0.379 e. The molecule has 0 aromatic rings. The van der Waals surface area contributed by atoms with Crippen molar-refractivity contribution in [2.24, 2.45) is 0 Å². The molecule has 0 spiro atoms. The Kier molecular flexibility index (Phi) is 15.2. The molecule has 0 unspecified atom stereocenters. The number of unbranched alkanes of at least 4 members (excludes halogenated alkanes) is 8. The van der Waals surface area contributed by atoms with Gasteiger partial charge in [-0.15, -0.1) is 0 Å². The van der Waals surface area contributed by atoms with Crippen LogP contribution in [0.25, 0.3) is 0 Å². The van der Waals surface area contributed by atoms with Gasteiger partial charge in [0, 0.05) is 6.61 Å². The van der Waals surface area contributed by atoms with E-state index in [2.05, 4.69) is 23.3 Å². The van der Waals surface area contributed by atoms with Gasteiger partial charge in [-0.1, -0.05) is 57.6 Å². The molecular weight excluding hydrogens is 304 g/mol. The summed E-state index contributed by atoms with van der Waals surface area (Å²) >= 11 is 0. The fraction of sp³-hybridized carbons (Fsp3) is 0.875. The highest BCUT2D eigenvalue weighted by Crippen LogP contribution is 2.08. The highest BCUT2D eigenvalue weighted by atomic mass is 32.3. The fourth-order valence-corrected chi connectivity index (χ4v) is 2.31. The summed E-state index contributed by atoms with van der Waals surface area (Å²) in [6, 6.07) is 0. The Balaban J connectivity index is 3.10. The zero-order valence-electron chi connectivity index (χ0n) is 13.8. The third kappa shape index (κ3) is 19.6. The summed E-state index contributed by atoms with van der Waals surface area (Å²) in [6.07, 6.45) is 16.7. The van der Waals surface area contributed by atoms with Crippen LogP contribution in [0.15, 0.2) is 12.2 Å². The molecule has 0 radical (unpaired) electrons. The maximum absolute atomic E-state index is 10.3. The smallest absolute Gasteiger partial charge is 0.379 e. The quantitative estimate of drug-likeness (QED) is 0.258. The molecule has 1 N–H and O–H groups in total. The van der Waals surface area contributed by atoms with Crippen molar-refractivity contribution in [1.82, 2.24) is 0 Å². The maximum Gasteiger partial charge on any atom is 0.397 e. The lowest BCUT2D eigenvalue weighted by Gasteiger charge is -2.04. The van der Waals surface area contributed by atoms with Gasteiger partial charge in [-0.2, -0.15) is 8.42 Å². The molecule has 0 bridgehead atoms. The van der Waals surface area contributed by atoms with E-state index >= 15 is 0 Å². The molecule has 0 aliphatic carbocycles. The normalized spacial score (nSPS) is 12.3. The van der Waals surface area contributed by atoms with Gasteiger partial charge in [0.05, 0.1) is 13.2 Å². The summed E-state index contributed by atoms with van der Waals surface area (Å²) in [5.41, 5.74) is 0. The lowest BCUT2D eigenvalue weighted by atomic mass is 10.1. The molecule has 0 aromatic heterocycles. The molecular formula is C16H32O5S. The van der Waals surface area contributed by atoms with Crippen LogP contribution in [0.4, 0.5) is 0 Å². The van der Waals surface area contributed by atoms with Crippen molar-refractivity contribution in [3.8, 4) is 0 Å². The molecule has 0 heterocycles. The predicted molar refractivity (Wildman–Crippen MR) is 89.3 cm³/mol. The summed E-state index contributed by atoms with van der Waals surface area (Å²) in [5.74, 6) is 0. The molecule has 22 heavy (non-hydrogen) atoms. The lowest BCUT2D eigenvalue weighted by molar-refractivity contribution is 0.0945. The minimum atomic E-state index is -4.33. The zero-order chi connectivity index (χ0) is 16.5. The molecule has 132 valence electrons. The van der Waals surface area contributed by atoms with E-state index in [-0.39, 0.29) is 13.2 Å². The number of hydrogen-bond acceptors (Lipinski definition) is 4. The van der Waals surface area contributed by atoms with Crippen LogP contribution in [0, 0.1) is 0 Å². The Morgan fingerprint density at radius 1 is 0.818 bits per heavy atom. The largest absolute Gasteiger partial charge is 0.397 e. The Hall–Kier alpha value is -0.430. The van der Waals surface area contributed by atoms with E-state index < -0.39 is 10.4 Å². The number of hydrogen-bond donors (Lipinski definition) is 1.